The minimum atomic E-state index is -0.436. The molecule has 1 aromatic carbocycles. The molecule has 0 aromatic heterocycles. The van der Waals surface area contributed by atoms with E-state index in [9.17, 15) is 9.59 Å². The molecule has 1 saturated carbocycles. The summed E-state index contributed by atoms with van der Waals surface area (Å²) >= 11 is 0. The van der Waals surface area contributed by atoms with Crippen LogP contribution < -0.4 is 10.6 Å². The first-order valence-corrected chi connectivity index (χ1v) is 7.85. The van der Waals surface area contributed by atoms with Gasteiger partial charge in [0.2, 0.25) is 5.91 Å². The number of rotatable bonds is 5. The maximum absolute atomic E-state index is 12.2. The van der Waals surface area contributed by atoms with E-state index in [-0.39, 0.29) is 17.8 Å². The Morgan fingerprint density at radius 3 is 2.55 bits per heavy atom. The van der Waals surface area contributed by atoms with E-state index in [0.29, 0.717) is 0 Å². The highest BCUT2D eigenvalue weighted by atomic mass is 16.5. The van der Waals surface area contributed by atoms with Crippen LogP contribution in [-0.4, -0.2) is 25.0 Å². The number of hydrogen-bond acceptors (Lipinski definition) is 4. The third-order valence-corrected chi connectivity index (χ3v) is 4.04. The van der Waals surface area contributed by atoms with Gasteiger partial charge in [0, 0.05) is 17.3 Å². The molecule has 0 spiro atoms. The molecule has 1 atom stereocenters. The summed E-state index contributed by atoms with van der Waals surface area (Å²) in [6.07, 6.45) is 5.45. The van der Waals surface area contributed by atoms with E-state index in [2.05, 4.69) is 15.4 Å². The first kappa shape index (κ1) is 16.3. The van der Waals surface area contributed by atoms with Gasteiger partial charge in [0.1, 0.15) is 6.04 Å². The van der Waals surface area contributed by atoms with Gasteiger partial charge in [0.05, 0.1) is 7.11 Å². The first-order chi connectivity index (χ1) is 10.6. The van der Waals surface area contributed by atoms with Crippen molar-refractivity contribution in [1.29, 1.82) is 0 Å². The third kappa shape index (κ3) is 4.48. The van der Waals surface area contributed by atoms with Crippen molar-refractivity contribution in [3.8, 4) is 0 Å². The molecule has 1 aromatic rings. The third-order valence-electron chi connectivity index (χ3n) is 4.04. The van der Waals surface area contributed by atoms with E-state index in [1.54, 1.807) is 6.92 Å². The summed E-state index contributed by atoms with van der Waals surface area (Å²) in [6.45, 7) is 1.74. The Morgan fingerprint density at radius 2 is 1.86 bits per heavy atom. The second kappa shape index (κ2) is 7.82. The molecule has 0 aliphatic heterocycles. The van der Waals surface area contributed by atoms with Crippen LogP contribution in [0.2, 0.25) is 0 Å². The van der Waals surface area contributed by atoms with Gasteiger partial charge in [-0.15, -0.1) is 0 Å². The highest BCUT2D eigenvalue weighted by Crippen LogP contribution is 2.25. The molecule has 1 aliphatic carbocycles. The number of amides is 1. The van der Waals surface area contributed by atoms with Crippen molar-refractivity contribution in [2.24, 2.45) is 5.92 Å². The zero-order chi connectivity index (χ0) is 15.9. The highest BCUT2D eigenvalue weighted by molar-refractivity contribution is 5.93. The second-order valence-corrected chi connectivity index (χ2v) is 5.79. The summed E-state index contributed by atoms with van der Waals surface area (Å²) in [7, 11) is 1.36. The summed E-state index contributed by atoms with van der Waals surface area (Å²) in [6, 6.07) is 6.96. The fraction of sp³-hybridized carbons (Fsp3) is 0.529. The van der Waals surface area contributed by atoms with Gasteiger partial charge in [-0.05, 0) is 38.0 Å². The van der Waals surface area contributed by atoms with E-state index in [1.165, 1.54) is 13.5 Å². The van der Waals surface area contributed by atoms with Crippen molar-refractivity contribution >= 4 is 23.3 Å². The van der Waals surface area contributed by atoms with Crippen LogP contribution in [-0.2, 0) is 14.3 Å². The monoisotopic (exact) mass is 304 g/mol. The van der Waals surface area contributed by atoms with Gasteiger partial charge in [0.25, 0.3) is 0 Å². The van der Waals surface area contributed by atoms with Crippen LogP contribution in [0.25, 0.3) is 0 Å². The second-order valence-electron chi connectivity index (χ2n) is 5.79. The summed E-state index contributed by atoms with van der Waals surface area (Å²) in [5, 5.41) is 6.03. The molecule has 5 heteroatoms. The average molecular weight is 304 g/mol. The van der Waals surface area contributed by atoms with Crippen molar-refractivity contribution in [1.82, 2.24) is 0 Å². The Labute approximate surface area is 131 Å². The lowest BCUT2D eigenvalue weighted by atomic mass is 9.88. The van der Waals surface area contributed by atoms with Crippen LogP contribution in [0.5, 0.6) is 0 Å². The molecule has 0 heterocycles. The lowest BCUT2D eigenvalue weighted by Crippen LogP contribution is -2.27. The SMILES string of the molecule is COC(=O)[C@H](C)Nc1cccc(NC(=O)C2CCCCC2)c1. The van der Waals surface area contributed by atoms with Gasteiger partial charge in [0.15, 0.2) is 0 Å². The fourth-order valence-corrected chi connectivity index (χ4v) is 2.78. The summed E-state index contributed by atoms with van der Waals surface area (Å²) in [4.78, 5) is 23.7. The van der Waals surface area contributed by atoms with Crippen LogP contribution in [0.1, 0.15) is 39.0 Å². The van der Waals surface area contributed by atoms with Crippen LogP contribution in [0.4, 0.5) is 11.4 Å². The van der Waals surface area contributed by atoms with Crippen molar-refractivity contribution < 1.29 is 14.3 Å². The zero-order valence-electron chi connectivity index (χ0n) is 13.2. The van der Waals surface area contributed by atoms with E-state index in [0.717, 1.165) is 37.1 Å². The lowest BCUT2D eigenvalue weighted by Gasteiger charge is -2.21. The molecule has 0 saturated heterocycles. The topological polar surface area (TPSA) is 67.4 Å². The standard InChI is InChI=1S/C17H24N2O3/c1-12(17(21)22-2)18-14-9-6-10-15(11-14)19-16(20)13-7-4-3-5-8-13/h6,9-13,18H,3-5,7-8H2,1-2H3,(H,19,20)/t12-/m0/s1. The average Bonchev–Trinajstić information content (AvgIpc) is 2.55. The number of esters is 1. The van der Waals surface area contributed by atoms with Crippen LogP contribution in [0, 0.1) is 5.92 Å². The van der Waals surface area contributed by atoms with Crippen molar-refractivity contribution in [3.63, 3.8) is 0 Å². The maximum Gasteiger partial charge on any atom is 0.327 e. The molecule has 1 aliphatic rings. The first-order valence-electron chi connectivity index (χ1n) is 7.85. The zero-order valence-corrected chi connectivity index (χ0v) is 13.2. The van der Waals surface area contributed by atoms with Gasteiger partial charge >= 0.3 is 5.97 Å². The smallest absolute Gasteiger partial charge is 0.327 e. The number of anilines is 2. The Balaban J connectivity index is 1.95. The summed E-state index contributed by atoms with van der Waals surface area (Å²) in [5.74, 6) is -0.103. The normalized spacial score (nSPS) is 16.6. The molecule has 22 heavy (non-hydrogen) atoms. The van der Waals surface area contributed by atoms with E-state index in [1.807, 2.05) is 24.3 Å². The number of ether oxygens (including phenoxy) is 1. The minimum Gasteiger partial charge on any atom is -0.467 e. The molecule has 2 N–H and O–H groups in total. The van der Waals surface area contributed by atoms with Crippen molar-refractivity contribution in [2.45, 2.75) is 45.1 Å². The molecule has 0 unspecified atom stereocenters. The number of hydrogen-bond donors (Lipinski definition) is 2. The number of carbonyl (C=O) groups is 2. The Morgan fingerprint density at radius 1 is 1.18 bits per heavy atom. The molecule has 120 valence electrons. The minimum absolute atomic E-state index is 0.0952. The van der Waals surface area contributed by atoms with Gasteiger partial charge < -0.3 is 15.4 Å². The molecule has 5 nitrogen and oxygen atoms in total. The fourth-order valence-electron chi connectivity index (χ4n) is 2.78. The summed E-state index contributed by atoms with van der Waals surface area (Å²) in [5.41, 5.74) is 1.52. The molecule has 0 bridgehead atoms. The Hall–Kier alpha value is -2.04. The molecule has 1 amide bonds. The number of nitrogens with one attached hydrogen (secondary N) is 2. The predicted octanol–water partition coefficient (Wildman–Crippen LogP) is 3.18. The Bertz CT molecular complexity index is 524. The largest absolute Gasteiger partial charge is 0.467 e. The van der Waals surface area contributed by atoms with Crippen molar-refractivity contribution in [2.75, 3.05) is 17.7 Å². The van der Waals surface area contributed by atoms with Gasteiger partial charge in [-0.3, -0.25) is 4.79 Å². The van der Waals surface area contributed by atoms with E-state index >= 15 is 0 Å². The van der Waals surface area contributed by atoms with E-state index in [4.69, 9.17) is 0 Å². The molecular weight excluding hydrogens is 280 g/mol. The molecule has 0 radical (unpaired) electrons. The molecular formula is C17H24N2O3. The molecule has 1 fully saturated rings. The molecule has 2 rings (SSSR count). The van der Waals surface area contributed by atoms with Gasteiger partial charge in [-0.25, -0.2) is 4.79 Å². The van der Waals surface area contributed by atoms with E-state index < -0.39 is 6.04 Å². The van der Waals surface area contributed by atoms with Gasteiger partial charge in [-0.2, -0.15) is 0 Å². The van der Waals surface area contributed by atoms with Crippen LogP contribution in [0.3, 0.4) is 0 Å². The quantitative estimate of drug-likeness (QED) is 0.820. The highest BCUT2D eigenvalue weighted by Gasteiger charge is 2.21. The van der Waals surface area contributed by atoms with Gasteiger partial charge in [-0.1, -0.05) is 25.3 Å². The maximum atomic E-state index is 12.2. The summed E-state index contributed by atoms with van der Waals surface area (Å²) < 4.78 is 4.69. The van der Waals surface area contributed by atoms with Crippen LogP contribution in [0.15, 0.2) is 24.3 Å². The predicted molar refractivity (Wildman–Crippen MR) is 86.7 cm³/mol. The lowest BCUT2D eigenvalue weighted by molar-refractivity contribution is -0.141. The number of benzene rings is 1. The van der Waals surface area contributed by atoms with Crippen LogP contribution >= 0.6 is 0 Å². The Kier molecular flexibility index (Phi) is 5.81. The van der Waals surface area contributed by atoms with Crippen molar-refractivity contribution in [3.05, 3.63) is 24.3 Å². The number of methoxy groups -OCH3 is 1. The number of carbonyl (C=O) groups excluding carboxylic acids is 2.